The van der Waals surface area contributed by atoms with Crippen LogP contribution in [0.4, 0.5) is 0 Å². The Morgan fingerprint density at radius 1 is 1.28 bits per heavy atom. The molecule has 7 heteroatoms. The highest BCUT2D eigenvalue weighted by atomic mass is 127. The summed E-state index contributed by atoms with van der Waals surface area (Å²) in [5.74, 6) is -1.51. The number of hydrogen-bond acceptors (Lipinski definition) is 3. The Labute approximate surface area is 120 Å². The van der Waals surface area contributed by atoms with Crippen LogP contribution in [0.25, 0.3) is 0 Å². The van der Waals surface area contributed by atoms with E-state index >= 15 is 0 Å². The van der Waals surface area contributed by atoms with Crippen LogP contribution in [0.5, 0.6) is 0 Å². The lowest BCUT2D eigenvalue weighted by Crippen LogP contribution is -2.44. The van der Waals surface area contributed by atoms with Gasteiger partial charge in [0, 0.05) is 3.57 Å². The van der Waals surface area contributed by atoms with Gasteiger partial charge in [-0.25, -0.2) is 8.42 Å². The van der Waals surface area contributed by atoms with Crippen molar-refractivity contribution < 1.29 is 18.3 Å². The number of sulfonamides is 1. The van der Waals surface area contributed by atoms with Crippen molar-refractivity contribution in [2.75, 3.05) is 0 Å². The highest BCUT2D eigenvalue weighted by Crippen LogP contribution is 2.14. The summed E-state index contributed by atoms with van der Waals surface area (Å²) >= 11 is 2.06. The number of rotatable bonds is 5. The Balaban J connectivity index is 3.01. The maximum absolute atomic E-state index is 12.0. The molecule has 100 valence electrons. The summed E-state index contributed by atoms with van der Waals surface area (Å²) < 4.78 is 27.1. The third-order valence-electron chi connectivity index (χ3n) is 2.34. The average molecular weight is 383 g/mol. The van der Waals surface area contributed by atoms with Gasteiger partial charge in [-0.1, -0.05) is 13.8 Å². The summed E-state index contributed by atoms with van der Waals surface area (Å²) in [6, 6.07) is 5.07. The Morgan fingerprint density at radius 3 is 2.17 bits per heavy atom. The first kappa shape index (κ1) is 15.4. The molecular formula is C11H14INO4S. The molecule has 2 N–H and O–H groups in total. The topological polar surface area (TPSA) is 83.5 Å². The van der Waals surface area contributed by atoms with Crippen molar-refractivity contribution in [2.24, 2.45) is 5.92 Å². The smallest absolute Gasteiger partial charge is 0.322 e. The Morgan fingerprint density at radius 2 is 1.78 bits per heavy atom. The molecule has 0 saturated heterocycles. The molecule has 1 rings (SSSR count). The van der Waals surface area contributed by atoms with Gasteiger partial charge in [0.25, 0.3) is 0 Å². The first-order valence-electron chi connectivity index (χ1n) is 5.25. The Bertz CT molecular complexity index is 524. The summed E-state index contributed by atoms with van der Waals surface area (Å²) in [6.07, 6.45) is 0. The van der Waals surface area contributed by atoms with Gasteiger partial charge in [-0.15, -0.1) is 0 Å². The fourth-order valence-electron chi connectivity index (χ4n) is 1.32. The normalized spacial score (nSPS) is 13.6. The van der Waals surface area contributed by atoms with Crippen LogP contribution in [0.15, 0.2) is 29.2 Å². The van der Waals surface area contributed by atoms with Gasteiger partial charge in [0.05, 0.1) is 4.90 Å². The fraction of sp³-hybridized carbons (Fsp3) is 0.364. The molecule has 1 aromatic carbocycles. The molecule has 1 atom stereocenters. The van der Waals surface area contributed by atoms with E-state index in [0.717, 1.165) is 3.57 Å². The van der Waals surface area contributed by atoms with E-state index in [4.69, 9.17) is 5.11 Å². The summed E-state index contributed by atoms with van der Waals surface area (Å²) in [4.78, 5) is 11.0. The molecule has 0 spiro atoms. The van der Waals surface area contributed by atoms with Crippen LogP contribution in [-0.2, 0) is 14.8 Å². The first-order valence-corrected chi connectivity index (χ1v) is 7.81. The maximum atomic E-state index is 12.0. The second kappa shape index (κ2) is 5.98. The van der Waals surface area contributed by atoms with Crippen LogP contribution in [0, 0.1) is 9.49 Å². The van der Waals surface area contributed by atoms with Crippen molar-refractivity contribution in [3.05, 3.63) is 27.8 Å². The lowest BCUT2D eigenvalue weighted by molar-refractivity contribution is -0.140. The molecule has 0 amide bonds. The average Bonchev–Trinajstić information content (AvgIpc) is 2.26. The van der Waals surface area contributed by atoms with E-state index in [1.165, 1.54) is 12.1 Å². The molecule has 1 aromatic rings. The summed E-state index contributed by atoms with van der Waals surface area (Å²) in [5, 5.41) is 8.97. The molecule has 18 heavy (non-hydrogen) atoms. The molecule has 0 saturated carbocycles. The van der Waals surface area contributed by atoms with Crippen LogP contribution in [0.1, 0.15) is 13.8 Å². The number of aliphatic carboxylic acids is 1. The fourth-order valence-corrected chi connectivity index (χ4v) is 3.02. The molecule has 0 radical (unpaired) electrons. The van der Waals surface area contributed by atoms with Gasteiger partial charge >= 0.3 is 5.97 Å². The predicted octanol–water partition coefficient (Wildman–Crippen LogP) is 1.68. The number of carboxylic acid groups (broad SMARTS) is 1. The van der Waals surface area contributed by atoms with E-state index in [-0.39, 0.29) is 10.8 Å². The highest BCUT2D eigenvalue weighted by molar-refractivity contribution is 14.1. The van der Waals surface area contributed by atoms with Crippen molar-refractivity contribution in [2.45, 2.75) is 24.8 Å². The number of nitrogens with one attached hydrogen (secondary N) is 1. The quantitative estimate of drug-likeness (QED) is 0.758. The van der Waals surface area contributed by atoms with Gasteiger partial charge in [0.1, 0.15) is 6.04 Å². The summed E-state index contributed by atoms with van der Waals surface area (Å²) in [7, 11) is -3.80. The minimum atomic E-state index is -3.80. The Kier molecular flexibility index (Phi) is 5.11. The van der Waals surface area contributed by atoms with E-state index in [0.29, 0.717) is 0 Å². The van der Waals surface area contributed by atoms with Gasteiger partial charge in [0.15, 0.2) is 0 Å². The lowest BCUT2D eigenvalue weighted by atomic mass is 10.1. The Hall–Kier alpha value is -0.670. The summed E-state index contributed by atoms with van der Waals surface area (Å²) in [5.41, 5.74) is 0. The van der Waals surface area contributed by atoms with Crippen molar-refractivity contribution >= 4 is 38.6 Å². The molecule has 0 aliphatic carbocycles. The lowest BCUT2D eigenvalue weighted by Gasteiger charge is -2.17. The minimum Gasteiger partial charge on any atom is -0.480 e. The van der Waals surface area contributed by atoms with Crippen LogP contribution in [-0.4, -0.2) is 25.5 Å². The number of benzene rings is 1. The molecule has 0 unspecified atom stereocenters. The third-order valence-corrected chi connectivity index (χ3v) is 4.51. The van der Waals surface area contributed by atoms with Crippen molar-refractivity contribution in [3.8, 4) is 0 Å². The molecule has 0 bridgehead atoms. The molecule has 0 fully saturated rings. The number of carbonyl (C=O) groups is 1. The molecule has 0 aliphatic rings. The van der Waals surface area contributed by atoms with Gasteiger partial charge in [-0.2, -0.15) is 4.72 Å². The second-order valence-electron chi connectivity index (χ2n) is 4.14. The molecule has 5 nitrogen and oxygen atoms in total. The highest BCUT2D eigenvalue weighted by Gasteiger charge is 2.27. The van der Waals surface area contributed by atoms with Crippen molar-refractivity contribution in [1.82, 2.24) is 4.72 Å². The predicted molar refractivity (Wildman–Crippen MR) is 75.7 cm³/mol. The third kappa shape index (κ3) is 3.92. The number of hydrogen-bond donors (Lipinski definition) is 2. The minimum absolute atomic E-state index is 0.0646. The monoisotopic (exact) mass is 383 g/mol. The van der Waals surface area contributed by atoms with E-state index in [1.54, 1.807) is 26.0 Å². The van der Waals surface area contributed by atoms with Gasteiger partial charge in [-0.3, -0.25) is 4.79 Å². The number of carboxylic acids is 1. The van der Waals surface area contributed by atoms with Crippen LogP contribution in [0.3, 0.4) is 0 Å². The van der Waals surface area contributed by atoms with E-state index in [1.807, 2.05) is 0 Å². The summed E-state index contributed by atoms with van der Waals surface area (Å²) in [6.45, 7) is 3.30. The molecule has 0 heterocycles. The van der Waals surface area contributed by atoms with Crippen LogP contribution < -0.4 is 4.72 Å². The van der Waals surface area contributed by atoms with Gasteiger partial charge in [-0.05, 0) is 52.8 Å². The molecule has 0 aromatic heterocycles. The van der Waals surface area contributed by atoms with Crippen LogP contribution >= 0.6 is 22.6 Å². The zero-order valence-corrected chi connectivity index (χ0v) is 12.9. The van der Waals surface area contributed by atoms with E-state index in [2.05, 4.69) is 27.3 Å². The van der Waals surface area contributed by atoms with Crippen molar-refractivity contribution in [3.63, 3.8) is 0 Å². The number of halogens is 1. The van der Waals surface area contributed by atoms with E-state index < -0.39 is 22.0 Å². The molecule has 0 aliphatic heterocycles. The van der Waals surface area contributed by atoms with Gasteiger partial charge < -0.3 is 5.11 Å². The zero-order valence-electron chi connectivity index (χ0n) is 9.92. The largest absolute Gasteiger partial charge is 0.480 e. The standard InChI is InChI=1S/C11H14INO4S/c1-7(2)10(11(14)15)13-18(16,17)9-5-3-8(12)4-6-9/h3-7,10,13H,1-2H3,(H,14,15)/t10-/m1/s1. The first-order chi connectivity index (χ1) is 8.24. The second-order valence-corrected chi connectivity index (χ2v) is 7.09. The SMILES string of the molecule is CC(C)[C@@H](NS(=O)(=O)c1ccc(I)cc1)C(=O)O. The van der Waals surface area contributed by atoms with E-state index in [9.17, 15) is 13.2 Å². The zero-order chi connectivity index (χ0) is 13.9. The molecular weight excluding hydrogens is 369 g/mol. The van der Waals surface area contributed by atoms with Gasteiger partial charge in [0.2, 0.25) is 10.0 Å². The van der Waals surface area contributed by atoms with Crippen molar-refractivity contribution in [1.29, 1.82) is 0 Å². The van der Waals surface area contributed by atoms with Crippen LogP contribution in [0.2, 0.25) is 0 Å². The maximum Gasteiger partial charge on any atom is 0.322 e.